The third-order valence-corrected chi connectivity index (χ3v) is 6.17. The average molecular weight is 464 g/mol. The van der Waals surface area contributed by atoms with Crippen LogP contribution in [0.1, 0.15) is 42.8 Å². The Hall–Kier alpha value is -0.410. The first-order valence-corrected chi connectivity index (χ1v) is 9.34. The van der Waals surface area contributed by atoms with Gasteiger partial charge in [-0.2, -0.15) is 0 Å². The summed E-state index contributed by atoms with van der Waals surface area (Å²) in [5.41, 5.74) is 1.26. The molecule has 0 radical (unpaired) electrons. The summed E-state index contributed by atoms with van der Waals surface area (Å²) in [4.78, 5) is 10.5. The standard InChI is InChI=1S/C17H28N4OS.HI/c1-6-18-16(19-9-13-10(2)20-11(3)23-13)21-14-12-7-8-22-15(12)17(14,4)5;/h12,14-15H,6-9H2,1-5H3,(H2,18,19,21);1H. The van der Waals surface area contributed by atoms with Crippen LogP contribution in [0.2, 0.25) is 0 Å². The van der Waals surface area contributed by atoms with Crippen molar-refractivity contribution in [3.63, 3.8) is 0 Å². The number of hydrogen-bond acceptors (Lipinski definition) is 4. The molecule has 2 heterocycles. The molecule has 136 valence electrons. The number of aromatic nitrogens is 1. The van der Waals surface area contributed by atoms with Crippen molar-refractivity contribution in [3.05, 3.63) is 15.6 Å². The highest BCUT2D eigenvalue weighted by Gasteiger charge is 2.59. The van der Waals surface area contributed by atoms with Crippen LogP contribution in [0.15, 0.2) is 4.99 Å². The molecule has 3 atom stereocenters. The van der Waals surface area contributed by atoms with E-state index in [1.807, 2.05) is 6.92 Å². The Balaban J connectivity index is 0.00000208. The molecule has 3 rings (SSSR count). The summed E-state index contributed by atoms with van der Waals surface area (Å²) < 4.78 is 5.88. The van der Waals surface area contributed by atoms with Crippen LogP contribution in [0.4, 0.5) is 0 Å². The van der Waals surface area contributed by atoms with Crippen LogP contribution >= 0.6 is 35.3 Å². The molecule has 0 bridgehead atoms. The van der Waals surface area contributed by atoms with Crippen LogP contribution in [0.5, 0.6) is 0 Å². The average Bonchev–Trinajstić information content (AvgIpc) is 3.07. The van der Waals surface area contributed by atoms with Crippen LogP contribution in [-0.2, 0) is 11.3 Å². The summed E-state index contributed by atoms with van der Waals surface area (Å²) in [6, 6.07) is 0.428. The number of guanidine groups is 1. The number of aliphatic imine (C=N–C) groups is 1. The Labute approximate surface area is 166 Å². The molecule has 1 saturated carbocycles. The molecular weight excluding hydrogens is 435 g/mol. The number of ether oxygens (including phenoxy) is 1. The molecule has 0 spiro atoms. The van der Waals surface area contributed by atoms with E-state index >= 15 is 0 Å². The van der Waals surface area contributed by atoms with E-state index in [9.17, 15) is 0 Å². The molecule has 7 heteroatoms. The van der Waals surface area contributed by atoms with E-state index in [1.54, 1.807) is 11.3 Å². The van der Waals surface area contributed by atoms with Gasteiger partial charge < -0.3 is 15.4 Å². The summed E-state index contributed by atoms with van der Waals surface area (Å²) in [5.74, 6) is 1.52. The highest BCUT2D eigenvalue weighted by Crippen LogP contribution is 2.52. The lowest BCUT2D eigenvalue weighted by Crippen LogP contribution is -2.67. The van der Waals surface area contributed by atoms with Gasteiger partial charge in [-0.1, -0.05) is 13.8 Å². The fourth-order valence-electron chi connectivity index (χ4n) is 3.96. The van der Waals surface area contributed by atoms with Gasteiger partial charge >= 0.3 is 0 Å². The van der Waals surface area contributed by atoms with Crippen LogP contribution in [-0.4, -0.2) is 36.2 Å². The number of halogens is 1. The van der Waals surface area contributed by atoms with Crippen molar-refractivity contribution in [2.75, 3.05) is 13.2 Å². The molecule has 2 aliphatic rings. The van der Waals surface area contributed by atoms with Gasteiger partial charge in [-0.25, -0.2) is 9.98 Å². The highest BCUT2D eigenvalue weighted by atomic mass is 127. The molecular formula is C17H29IN4OS. The zero-order valence-corrected chi connectivity index (χ0v) is 18.3. The van der Waals surface area contributed by atoms with Crippen LogP contribution < -0.4 is 10.6 Å². The topological polar surface area (TPSA) is 58.5 Å². The van der Waals surface area contributed by atoms with E-state index in [-0.39, 0.29) is 29.4 Å². The molecule has 24 heavy (non-hydrogen) atoms. The summed E-state index contributed by atoms with van der Waals surface area (Å²) in [5, 5.41) is 8.14. The Kier molecular flexibility index (Phi) is 6.52. The van der Waals surface area contributed by atoms with Crippen LogP contribution in [0.3, 0.4) is 0 Å². The fourth-order valence-corrected chi connectivity index (χ4v) is 4.82. The first-order chi connectivity index (χ1) is 10.9. The predicted octanol–water partition coefficient (Wildman–Crippen LogP) is 3.25. The molecule has 2 N–H and O–H groups in total. The maximum Gasteiger partial charge on any atom is 0.191 e. The molecule has 2 fully saturated rings. The number of nitrogens with zero attached hydrogens (tertiary/aromatic N) is 2. The van der Waals surface area contributed by atoms with E-state index in [4.69, 9.17) is 9.73 Å². The van der Waals surface area contributed by atoms with Crippen molar-refractivity contribution >= 4 is 41.3 Å². The quantitative estimate of drug-likeness (QED) is 0.408. The molecule has 3 unspecified atom stereocenters. The lowest BCUT2D eigenvalue weighted by atomic mass is 9.57. The van der Waals surface area contributed by atoms with E-state index in [0.29, 0.717) is 24.6 Å². The summed E-state index contributed by atoms with van der Waals surface area (Å²) in [7, 11) is 0. The number of aryl methyl sites for hydroxylation is 2. The Bertz CT molecular complexity index is 601. The molecule has 0 amide bonds. The monoisotopic (exact) mass is 464 g/mol. The Morgan fingerprint density at radius 1 is 1.42 bits per heavy atom. The van der Waals surface area contributed by atoms with Gasteiger partial charge in [-0.05, 0) is 27.2 Å². The van der Waals surface area contributed by atoms with Crippen molar-refractivity contribution in [2.24, 2.45) is 16.3 Å². The van der Waals surface area contributed by atoms with Gasteiger partial charge in [-0.3, -0.25) is 0 Å². The third-order valence-electron chi connectivity index (χ3n) is 5.12. The largest absolute Gasteiger partial charge is 0.377 e. The second-order valence-corrected chi connectivity index (χ2v) is 8.41. The van der Waals surface area contributed by atoms with Gasteiger partial charge in [0.25, 0.3) is 0 Å². The number of thiazole rings is 1. The lowest BCUT2D eigenvalue weighted by molar-refractivity contribution is -0.106. The molecule has 5 nitrogen and oxygen atoms in total. The number of rotatable bonds is 4. The van der Waals surface area contributed by atoms with Crippen molar-refractivity contribution in [1.29, 1.82) is 0 Å². The van der Waals surface area contributed by atoms with Crippen molar-refractivity contribution in [1.82, 2.24) is 15.6 Å². The minimum absolute atomic E-state index is 0. The molecule has 1 aromatic heterocycles. The number of fused-ring (bicyclic) bond motifs is 1. The minimum Gasteiger partial charge on any atom is -0.377 e. The van der Waals surface area contributed by atoms with Crippen molar-refractivity contribution in [2.45, 2.75) is 59.7 Å². The van der Waals surface area contributed by atoms with E-state index < -0.39 is 0 Å². The predicted molar refractivity (Wildman–Crippen MR) is 110 cm³/mol. The number of nitrogens with one attached hydrogen (secondary N) is 2. The first-order valence-electron chi connectivity index (χ1n) is 8.52. The van der Waals surface area contributed by atoms with Gasteiger partial charge in [0.15, 0.2) is 5.96 Å². The smallest absolute Gasteiger partial charge is 0.191 e. The maximum absolute atomic E-state index is 5.88. The zero-order chi connectivity index (χ0) is 16.6. The van der Waals surface area contributed by atoms with Crippen LogP contribution in [0.25, 0.3) is 0 Å². The molecule has 1 saturated heterocycles. The van der Waals surface area contributed by atoms with E-state index in [0.717, 1.165) is 36.2 Å². The fraction of sp³-hybridized carbons (Fsp3) is 0.765. The van der Waals surface area contributed by atoms with Crippen LogP contribution in [0, 0.1) is 25.2 Å². The maximum atomic E-state index is 5.88. The third kappa shape index (κ3) is 3.72. The van der Waals surface area contributed by atoms with Gasteiger partial charge in [-0.15, -0.1) is 35.3 Å². The summed E-state index contributed by atoms with van der Waals surface area (Å²) in [6.45, 7) is 13.2. The van der Waals surface area contributed by atoms with Crippen molar-refractivity contribution in [3.8, 4) is 0 Å². The van der Waals surface area contributed by atoms with Gasteiger partial charge in [0, 0.05) is 35.4 Å². The Morgan fingerprint density at radius 2 is 2.17 bits per heavy atom. The zero-order valence-electron chi connectivity index (χ0n) is 15.2. The molecule has 0 aromatic carbocycles. The van der Waals surface area contributed by atoms with Gasteiger partial charge in [0.05, 0.1) is 23.4 Å². The molecule has 1 aromatic rings. The van der Waals surface area contributed by atoms with E-state index in [1.165, 1.54) is 4.88 Å². The summed E-state index contributed by atoms with van der Waals surface area (Å²) in [6.07, 6.45) is 1.55. The van der Waals surface area contributed by atoms with Gasteiger partial charge in [0.1, 0.15) is 0 Å². The highest BCUT2D eigenvalue weighted by molar-refractivity contribution is 14.0. The summed E-state index contributed by atoms with van der Waals surface area (Å²) >= 11 is 1.73. The van der Waals surface area contributed by atoms with E-state index in [2.05, 4.69) is 43.3 Å². The number of hydrogen-bond donors (Lipinski definition) is 2. The second-order valence-electron chi connectivity index (χ2n) is 7.12. The lowest BCUT2D eigenvalue weighted by Gasteiger charge is -2.54. The van der Waals surface area contributed by atoms with Crippen molar-refractivity contribution < 1.29 is 4.74 Å². The second kappa shape index (κ2) is 7.86. The normalized spacial score (nSPS) is 27.9. The SMILES string of the molecule is CCNC(=NCc1sc(C)nc1C)NC1C2CCOC2C1(C)C.I. The Morgan fingerprint density at radius 3 is 2.79 bits per heavy atom. The molecule has 1 aliphatic heterocycles. The minimum atomic E-state index is 0. The van der Waals surface area contributed by atoms with Gasteiger partial charge in [0.2, 0.25) is 0 Å². The first kappa shape index (κ1) is 19.9. The molecule has 1 aliphatic carbocycles.